The second-order valence-electron chi connectivity index (χ2n) is 5.89. The molecule has 0 unspecified atom stereocenters. The molecule has 9 heteroatoms. The fourth-order valence-electron chi connectivity index (χ4n) is 2.90. The quantitative estimate of drug-likeness (QED) is 0.484. The van der Waals surface area contributed by atoms with Crippen LogP contribution in [0.25, 0.3) is 22.4 Å². The summed E-state index contributed by atoms with van der Waals surface area (Å²) in [6, 6.07) is 9.44. The Labute approximate surface area is 161 Å². The van der Waals surface area contributed by atoms with Gasteiger partial charge in [0.15, 0.2) is 11.5 Å². The zero-order valence-electron chi connectivity index (χ0n) is 15.6. The van der Waals surface area contributed by atoms with Crippen LogP contribution in [0.5, 0.6) is 11.5 Å². The molecule has 0 aliphatic carbocycles. The summed E-state index contributed by atoms with van der Waals surface area (Å²) in [6.07, 6.45) is 3.23. The van der Waals surface area contributed by atoms with E-state index in [9.17, 15) is 0 Å². The molecule has 0 aliphatic rings. The minimum absolute atomic E-state index is 0.435. The molecule has 0 saturated carbocycles. The summed E-state index contributed by atoms with van der Waals surface area (Å²) in [7, 11) is 0. The molecule has 0 fully saturated rings. The van der Waals surface area contributed by atoms with Crippen LogP contribution in [-0.2, 0) is 6.54 Å². The minimum atomic E-state index is 0.435. The van der Waals surface area contributed by atoms with Crippen molar-refractivity contribution in [2.24, 2.45) is 0 Å². The molecule has 4 aromatic rings. The van der Waals surface area contributed by atoms with E-state index in [0.29, 0.717) is 42.8 Å². The lowest BCUT2D eigenvalue weighted by Crippen LogP contribution is -2.07. The van der Waals surface area contributed by atoms with E-state index >= 15 is 0 Å². The van der Waals surface area contributed by atoms with Crippen molar-refractivity contribution in [1.82, 2.24) is 35.2 Å². The number of ether oxygens (including phenoxy) is 2. The maximum absolute atomic E-state index is 5.75. The number of nitrogens with zero attached hydrogens (tertiary/aromatic N) is 7. The number of tetrazole rings is 1. The van der Waals surface area contributed by atoms with E-state index in [2.05, 4.69) is 30.5 Å². The Balaban J connectivity index is 1.81. The molecular formula is C19H19N7O2. The molecule has 0 radical (unpaired) electrons. The largest absolute Gasteiger partial charge is 0.490 e. The number of hydrogen-bond acceptors (Lipinski definition) is 8. The van der Waals surface area contributed by atoms with Crippen molar-refractivity contribution in [3.05, 3.63) is 48.5 Å². The van der Waals surface area contributed by atoms with Gasteiger partial charge in [0, 0.05) is 17.6 Å². The van der Waals surface area contributed by atoms with Crippen molar-refractivity contribution in [2.45, 2.75) is 20.4 Å². The molecule has 4 rings (SSSR count). The maximum Gasteiger partial charge on any atom is 0.201 e. The van der Waals surface area contributed by atoms with Gasteiger partial charge >= 0.3 is 0 Å². The zero-order valence-corrected chi connectivity index (χ0v) is 15.6. The van der Waals surface area contributed by atoms with Gasteiger partial charge in [-0.1, -0.05) is 6.07 Å². The molecule has 1 aromatic carbocycles. The van der Waals surface area contributed by atoms with Crippen molar-refractivity contribution in [3.63, 3.8) is 0 Å². The average Bonchev–Trinajstić information content (AvgIpc) is 3.17. The molecule has 9 nitrogen and oxygen atoms in total. The normalized spacial score (nSPS) is 10.9. The zero-order chi connectivity index (χ0) is 19.3. The van der Waals surface area contributed by atoms with E-state index in [4.69, 9.17) is 9.47 Å². The lowest BCUT2D eigenvalue weighted by atomic mass is 10.1. The fraction of sp³-hybridized carbons (Fsp3) is 0.263. The maximum atomic E-state index is 5.75. The molecule has 0 saturated heterocycles. The summed E-state index contributed by atoms with van der Waals surface area (Å²) in [6.45, 7) is 5.34. The highest BCUT2D eigenvalue weighted by Gasteiger charge is 2.18. The first-order valence-corrected chi connectivity index (χ1v) is 9.01. The van der Waals surface area contributed by atoms with Crippen molar-refractivity contribution in [1.29, 1.82) is 0 Å². The summed E-state index contributed by atoms with van der Waals surface area (Å²) in [5.74, 6) is 1.82. The van der Waals surface area contributed by atoms with Crippen LogP contribution in [0.3, 0.4) is 0 Å². The molecule has 0 N–H and O–H groups in total. The highest BCUT2D eigenvalue weighted by atomic mass is 16.5. The first-order valence-electron chi connectivity index (χ1n) is 9.01. The molecule has 142 valence electrons. The van der Waals surface area contributed by atoms with Crippen LogP contribution in [0.2, 0.25) is 0 Å². The molecular weight excluding hydrogens is 358 g/mol. The van der Waals surface area contributed by atoms with Gasteiger partial charge in [-0.25, -0.2) is 14.6 Å². The predicted molar refractivity (Wildman–Crippen MR) is 102 cm³/mol. The van der Waals surface area contributed by atoms with Crippen molar-refractivity contribution in [2.75, 3.05) is 13.2 Å². The Morgan fingerprint density at radius 2 is 1.79 bits per heavy atom. The van der Waals surface area contributed by atoms with Crippen molar-refractivity contribution in [3.8, 4) is 23.0 Å². The summed E-state index contributed by atoms with van der Waals surface area (Å²) in [5, 5.41) is 12.9. The van der Waals surface area contributed by atoms with Crippen LogP contribution in [-0.4, -0.2) is 48.4 Å². The number of fused-ring (bicyclic) bond motifs is 1. The van der Waals surface area contributed by atoms with Crippen molar-refractivity contribution >= 4 is 10.9 Å². The topological polar surface area (TPSA) is 101 Å². The third kappa shape index (κ3) is 3.46. The lowest BCUT2D eigenvalue weighted by molar-refractivity contribution is 0.288. The van der Waals surface area contributed by atoms with Gasteiger partial charge in [0.1, 0.15) is 12.0 Å². The SMILES string of the molecule is CCOc1cc2ncnc(-c3nnnn3Cc3ccccn3)c2cc1OCC. The third-order valence-corrected chi connectivity index (χ3v) is 4.08. The van der Waals surface area contributed by atoms with E-state index in [1.807, 2.05) is 44.2 Å². The van der Waals surface area contributed by atoms with Gasteiger partial charge < -0.3 is 9.47 Å². The molecule has 3 aromatic heterocycles. The molecule has 0 bridgehead atoms. The van der Waals surface area contributed by atoms with E-state index in [1.54, 1.807) is 10.9 Å². The van der Waals surface area contributed by atoms with Gasteiger partial charge in [-0.3, -0.25) is 4.98 Å². The van der Waals surface area contributed by atoms with Crippen LogP contribution in [0.1, 0.15) is 19.5 Å². The van der Waals surface area contributed by atoms with E-state index in [-0.39, 0.29) is 0 Å². The van der Waals surface area contributed by atoms with E-state index in [0.717, 1.165) is 16.6 Å². The van der Waals surface area contributed by atoms with Crippen LogP contribution >= 0.6 is 0 Å². The van der Waals surface area contributed by atoms with E-state index in [1.165, 1.54) is 6.33 Å². The first-order chi connectivity index (χ1) is 13.8. The second kappa shape index (κ2) is 7.95. The number of hydrogen-bond donors (Lipinski definition) is 0. The summed E-state index contributed by atoms with van der Waals surface area (Å²) >= 11 is 0. The Bertz CT molecular complexity index is 1080. The van der Waals surface area contributed by atoms with Crippen LogP contribution < -0.4 is 9.47 Å². The number of aromatic nitrogens is 7. The second-order valence-corrected chi connectivity index (χ2v) is 5.89. The van der Waals surface area contributed by atoms with Crippen LogP contribution in [0.4, 0.5) is 0 Å². The average molecular weight is 377 g/mol. The Morgan fingerprint density at radius 3 is 2.54 bits per heavy atom. The first kappa shape index (κ1) is 17.8. The van der Waals surface area contributed by atoms with Crippen molar-refractivity contribution < 1.29 is 9.47 Å². The van der Waals surface area contributed by atoms with Crippen LogP contribution in [0, 0.1) is 0 Å². The molecule has 0 aliphatic heterocycles. The number of rotatable bonds is 7. The Hall–Kier alpha value is -3.62. The predicted octanol–water partition coefficient (Wildman–Crippen LogP) is 2.52. The molecule has 3 heterocycles. The number of benzene rings is 1. The summed E-state index contributed by atoms with van der Waals surface area (Å²) in [4.78, 5) is 13.1. The Morgan fingerprint density at radius 1 is 0.964 bits per heavy atom. The van der Waals surface area contributed by atoms with Gasteiger partial charge in [-0.15, -0.1) is 5.10 Å². The Kier molecular flexibility index (Phi) is 5.05. The molecule has 0 atom stereocenters. The third-order valence-electron chi connectivity index (χ3n) is 4.08. The lowest BCUT2D eigenvalue weighted by Gasteiger charge is -2.13. The molecule has 0 spiro atoms. The molecule has 28 heavy (non-hydrogen) atoms. The highest BCUT2D eigenvalue weighted by molar-refractivity contribution is 5.92. The molecule has 0 amide bonds. The van der Waals surface area contributed by atoms with Gasteiger partial charge in [-0.2, -0.15) is 0 Å². The number of pyridine rings is 1. The summed E-state index contributed by atoms with van der Waals surface area (Å²) < 4.78 is 13.1. The highest BCUT2D eigenvalue weighted by Crippen LogP contribution is 2.35. The van der Waals surface area contributed by atoms with Gasteiger partial charge in [-0.05, 0) is 42.5 Å². The van der Waals surface area contributed by atoms with E-state index < -0.39 is 0 Å². The standard InChI is InChI=1S/C19H19N7O2/c1-3-27-16-9-14-15(10-17(16)28-4-2)21-12-22-18(14)19-23-24-25-26(19)11-13-7-5-6-8-20-13/h5-10,12H,3-4,11H2,1-2H3. The van der Waals surface area contributed by atoms with Gasteiger partial charge in [0.2, 0.25) is 5.82 Å². The van der Waals surface area contributed by atoms with Gasteiger partial charge in [0.05, 0.1) is 31.0 Å². The minimum Gasteiger partial charge on any atom is -0.490 e. The summed E-state index contributed by atoms with van der Waals surface area (Å²) in [5.41, 5.74) is 2.20. The monoisotopic (exact) mass is 377 g/mol. The van der Waals surface area contributed by atoms with Crippen LogP contribution in [0.15, 0.2) is 42.9 Å². The fourth-order valence-corrected chi connectivity index (χ4v) is 2.90. The van der Waals surface area contributed by atoms with Gasteiger partial charge in [0.25, 0.3) is 0 Å². The smallest absolute Gasteiger partial charge is 0.201 e.